The van der Waals surface area contributed by atoms with Crippen molar-refractivity contribution in [2.24, 2.45) is 5.92 Å². The third-order valence-corrected chi connectivity index (χ3v) is 1.75. The zero-order chi connectivity index (χ0) is 9.14. The molecule has 1 aromatic rings. The maximum atomic E-state index is 11.1. The number of aromatic nitrogens is 1. The Bertz CT molecular complexity index is 273. The second-order valence-corrected chi connectivity index (χ2v) is 3.50. The van der Waals surface area contributed by atoms with Gasteiger partial charge < -0.3 is 4.57 Å². The average molecular weight is 165 g/mol. The third kappa shape index (κ3) is 1.97. The third-order valence-electron chi connectivity index (χ3n) is 1.75. The van der Waals surface area contributed by atoms with E-state index in [1.165, 1.54) is 0 Å². The fourth-order valence-corrected chi connectivity index (χ4v) is 1.29. The van der Waals surface area contributed by atoms with Crippen LogP contribution in [0.1, 0.15) is 31.3 Å². The Labute approximate surface area is 73.2 Å². The number of Topliss-reactive ketones (excluding diaryl/α,β-unsaturated/α-hetero) is 1. The van der Waals surface area contributed by atoms with E-state index in [1.54, 1.807) is 6.92 Å². The number of ketones is 1. The smallest absolute Gasteiger partial charge is 0.176 e. The molecule has 1 rings (SSSR count). The predicted octanol–water partition coefficient (Wildman–Crippen LogP) is 2.35. The first kappa shape index (κ1) is 9.04. The fraction of sp³-hybridized carbons (Fsp3) is 0.500. The Morgan fingerprint density at radius 1 is 1.58 bits per heavy atom. The van der Waals surface area contributed by atoms with Gasteiger partial charge in [-0.25, -0.2) is 0 Å². The van der Waals surface area contributed by atoms with Crippen LogP contribution in [-0.4, -0.2) is 10.4 Å². The summed E-state index contributed by atoms with van der Waals surface area (Å²) in [6.07, 6.45) is 1.96. The van der Waals surface area contributed by atoms with Gasteiger partial charge in [0, 0.05) is 19.7 Å². The minimum absolute atomic E-state index is 0.139. The van der Waals surface area contributed by atoms with Gasteiger partial charge in [-0.15, -0.1) is 0 Å². The Morgan fingerprint density at radius 3 is 2.75 bits per heavy atom. The van der Waals surface area contributed by atoms with Crippen molar-refractivity contribution in [3.05, 3.63) is 24.0 Å². The van der Waals surface area contributed by atoms with E-state index in [0.717, 1.165) is 12.2 Å². The molecule has 1 heterocycles. The maximum absolute atomic E-state index is 11.1. The summed E-state index contributed by atoms with van der Waals surface area (Å²) in [7, 11) is 0. The molecule has 0 aliphatic heterocycles. The zero-order valence-corrected chi connectivity index (χ0v) is 7.87. The minimum atomic E-state index is 0.139. The second-order valence-electron chi connectivity index (χ2n) is 3.50. The Kier molecular flexibility index (Phi) is 2.69. The molecule has 0 fully saturated rings. The molecule has 0 saturated heterocycles. The van der Waals surface area contributed by atoms with Crippen LogP contribution in [-0.2, 0) is 6.54 Å². The van der Waals surface area contributed by atoms with Gasteiger partial charge in [0.25, 0.3) is 0 Å². The highest BCUT2D eigenvalue weighted by molar-refractivity contribution is 5.92. The largest absolute Gasteiger partial charge is 0.345 e. The molecule has 0 saturated carbocycles. The van der Waals surface area contributed by atoms with Crippen molar-refractivity contribution >= 4 is 5.78 Å². The van der Waals surface area contributed by atoms with E-state index >= 15 is 0 Å². The summed E-state index contributed by atoms with van der Waals surface area (Å²) in [4.78, 5) is 11.1. The first-order valence-corrected chi connectivity index (χ1v) is 4.27. The lowest BCUT2D eigenvalue weighted by Gasteiger charge is -2.08. The molecule has 0 bridgehead atoms. The van der Waals surface area contributed by atoms with Crippen LogP contribution < -0.4 is 0 Å². The van der Waals surface area contributed by atoms with Crippen LogP contribution in [0, 0.1) is 5.92 Å². The van der Waals surface area contributed by atoms with Gasteiger partial charge in [-0.05, 0) is 18.1 Å². The van der Waals surface area contributed by atoms with E-state index in [0.29, 0.717) is 5.92 Å². The van der Waals surface area contributed by atoms with Crippen LogP contribution in [0.25, 0.3) is 0 Å². The van der Waals surface area contributed by atoms with Crippen molar-refractivity contribution in [2.75, 3.05) is 0 Å². The van der Waals surface area contributed by atoms with Crippen molar-refractivity contribution in [1.29, 1.82) is 0 Å². The van der Waals surface area contributed by atoms with Gasteiger partial charge in [0.15, 0.2) is 5.78 Å². The van der Waals surface area contributed by atoms with Gasteiger partial charge >= 0.3 is 0 Å². The molecule has 0 N–H and O–H groups in total. The van der Waals surface area contributed by atoms with Gasteiger partial charge in [-0.2, -0.15) is 0 Å². The lowest BCUT2D eigenvalue weighted by Crippen LogP contribution is -2.09. The summed E-state index contributed by atoms with van der Waals surface area (Å²) in [6, 6.07) is 3.78. The highest BCUT2D eigenvalue weighted by Crippen LogP contribution is 2.06. The van der Waals surface area contributed by atoms with E-state index in [4.69, 9.17) is 0 Å². The SMILES string of the molecule is CC(=O)c1cccn1CC(C)C. The normalized spacial score (nSPS) is 10.7. The molecule has 0 aromatic carbocycles. The number of carbonyl (C=O) groups is 1. The Morgan fingerprint density at radius 2 is 2.25 bits per heavy atom. The highest BCUT2D eigenvalue weighted by Gasteiger charge is 2.05. The van der Waals surface area contributed by atoms with Gasteiger partial charge in [-0.3, -0.25) is 4.79 Å². The van der Waals surface area contributed by atoms with Crippen LogP contribution in [0.2, 0.25) is 0 Å². The van der Waals surface area contributed by atoms with Crippen molar-refractivity contribution in [2.45, 2.75) is 27.3 Å². The van der Waals surface area contributed by atoms with Gasteiger partial charge in [0.1, 0.15) is 0 Å². The number of rotatable bonds is 3. The summed E-state index contributed by atoms with van der Waals surface area (Å²) < 4.78 is 2.01. The van der Waals surface area contributed by atoms with Crippen molar-refractivity contribution in [1.82, 2.24) is 4.57 Å². The van der Waals surface area contributed by atoms with Crippen LogP contribution in [0.3, 0.4) is 0 Å². The maximum Gasteiger partial charge on any atom is 0.176 e. The molecular weight excluding hydrogens is 150 g/mol. The molecule has 0 radical (unpaired) electrons. The Balaban J connectivity index is 2.84. The molecule has 66 valence electrons. The molecule has 2 heteroatoms. The van der Waals surface area contributed by atoms with E-state index in [2.05, 4.69) is 13.8 Å². The van der Waals surface area contributed by atoms with Gasteiger partial charge in [-0.1, -0.05) is 13.8 Å². The monoisotopic (exact) mass is 165 g/mol. The lowest BCUT2D eigenvalue weighted by molar-refractivity contribution is 0.100. The number of hydrogen-bond donors (Lipinski definition) is 0. The average Bonchev–Trinajstić information content (AvgIpc) is 2.33. The number of carbonyl (C=O) groups excluding carboxylic acids is 1. The number of hydrogen-bond acceptors (Lipinski definition) is 1. The zero-order valence-electron chi connectivity index (χ0n) is 7.87. The lowest BCUT2D eigenvalue weighted by atomic mass is 10.2. The van der Waals surface area contributed by atoms with Crippen molar-refractivity contribution in [3.8, 4) is 0 Å². The molecule has 0 atom stereocenters. The van der Waals surface area contributed by atoms with Gasteiger partial charge in [0.2, 0.25) is 0 Å². The van der Waals surface area contributed by atoms with Crippen molar-refractivity contribution in [3.63, 3.8) is 0 Å². The predicted molar refractivity (Wildman–Crippen MR) is 49.3 cm³/mol. The molecule has 0 amide bonds. The van der Waals surface area contributed by atoms with Crippen molar-refractivity contribution < 1.29 is 4.79 Å². The van der Waals surface area contributed by atoms with E-state index < -0.39 is 0 Å². The van der Waals surface area contributed by atoms with Crippen LogP contribution in [0.5, 0.6) is 0 Å². The van der Waals surface area contributed by atoms with Gasteiger partial charge in [0.05, 0.1) is 5.69 Å². The molecule has 0 unspecified atom stereocenters. The fourth-order valence-electron chi connectivity index (χ4n) is 1.29. The first-order chi connectivity index (χ1) is 5.61. The van der Waals surface area contributed by atoms with E-state index in [9.17, 15) is 4.79 Å². The topological polar surface area (TPSA) is 22.0 Å². The molecular formula is C10H15NO. The number of nitrogens with zero attached hydrogens (tertiary/aromatic N) is 1. The standard InChI is InChI=1S/C10H15NO/c1-8(2)7-11-6-4-5-10(11)9(3)12/h4-6,8H,7H2,1-3H3. The molecule has 1 aromatic heterocycles. The van der Waals surface area contributed by atoms with E-state index in [1.807, 2.05) is 22.9 Å². The molecule has 2 nitrogen and oxygen atoms in total. The quantitative estimate of drug-likeness (QED) is 0.630. The molecule has 0 spiro atoms. The molecule has 0 aliphatic rings. The summed E-state index contributed by atoms with van der Waals surface area (Å²) >= 11 is 0. The summed E-state index contributed by atoms with van der Waals surface area (Å²) in [5.41, 5.74) is 0.809. The molecule has 0 aliphatic carbocycles. The van der Waals surface area contributed by atoms with Crippen LogP contribution in [0.15, 0.2) is 18.3 Å². The van der Waals surface area contributed by atoms with E-state index in [-0.39, 0.29) is 5.78 Å². The van der Waals surface area contributed by atoms with Crippen LogP contribution in [0.4, 0.5) is 0 Å². The molecule has 12 heavy (non-hydrogen) atoms. The summed E-state index contributed by atoms with van der Waals surface area (Å²) in [5, 5.41) is 0. The second kappa shape index (κ2) is 3.57. The highest BCUT2D eigenvalue weighted by atomic mass is 16.1. The summed E-state index contributed by atoms with van der Waals surface area (Å²) in [6.45, 7) is 6.81. The van der Waals surface area contributed by atoms with Crippen LogP contribution >= 0.6 is 0 Å². The Hall–Kier alpha value is -1.05. The first-order valence-electron chi connectivity index (χ1n) is 4.27. The minimum Gasteiger partial charge on any atom is -0.345 e. The summed E-state index contributed by atoms with van der Waals surface area (Å²) in [5.74, 6) is 0.719.